The zero-order valence-corrected chi connectivity index (χ0v) is 10.9. The van der Waals surface area contributed by atoms with Crippen molar-refractivity contribution in [3.05, 3.63) is 21.3 Å². The zero-order chi connectivity index (χ0) is 12.0. The predicted octanol–water partition coefficient (Wildman–Crippen LogP) is 2.65. The Hall–Kier alpha value is -0.580. The van der Waals surface area contributed by atoms with E-state index in [1.807, 2.05) is 0 Å². The van der Waals surface area contributed by atoms with E-state index >= 15 is 0 Å². The number of nitrogens with one attached hydrogen (secondary N) is 1. The van der Waals surface area contributed by atoms with Crippen molar-refractivity contribution in [3.8, 4) is 0 Å². The molecule has 1 rings (SSSR count). The van der Waals surface area contributed by atoms with Gasteiger partial charge in [-0.15, -0.1) is 11.3 Å². The van der Waals surface area contributed by atoms with Gasteiger partial charge in [-0.05, 0) is 18.6 Å². The lowest BCUT2D eigenvalue weighted by molar-refractivity contribution is 0.0940. The monoisotopic (exact) mass is 260 g/mol. The molecule has 1 unspecified atom stereocenters. The molecule has 1 aromatic rings. The maximum absolute atomic E-state index is 11.8. The lowest BCUT2D eigenvalue weighted by Gasteiger charge is -2.15. The van der Waals surface area contributed by atoms with Crippen LogP contribution in [-0.4, -0.2) is 18.5 Å². The van der Waals surface area contributed by atoms with Gasteiger partial charge in [0.15, 0.2) is 0 Å². The maximum atomic E-state index is 11.8. The molecule has 3 N–H and O–H groups in total. The Morgan fingerprint density at radius 1 is 1.62 bits per heavy atom. The van der Waals surface area contributed by atoms with Gasteiger partial charge in [-0.2, -0.15) is 0 Å². The lowest BCUT2D eigenvalue weighted by Crippen LogP contribution is -2.39. The molecule has 0 aliphatic heterocycles. The first kappa shape index (κ1) is 13.5. The molecule has 0 aliphatic rings. The van der Waals surface area contributed by atoms with Crippen molar-refractivity contribution < 1.29 is 4.79 Å². The van der Waals surface area contributed by atoms with Crippen LogP contribution in [0.1, 0.15) is 35.9 Å². The summed E-state index contributed by atoms with van der Waals surface area (Å²) in [5.41, 5.74) is 5.61. The smallest absolute Gasteiger partial charge is 0.261 e. The van der Waals surface area contributed by atoms with Gasteiger partial charge in [-0.3, -0.25) is 4.79 Å². The van der Waals surface area contributed by atoms with E-state index in [0.29, 0.717) is 15.8 Å². The van der Waals surface area contributed by atoms with Gasteiger partial charge >= 0.3 is 0 Å². The molecule has 1 atom stereocenters. The van der Waals surface area contributed by atoms with Crippen LogP contribution in [0.5, 0.6) is 0 Å². The van der Waals surface area contributed by atoms with Crippen molar-refractivity contribution in [2.24, 2.45) is 5.73 Å². The molecule has 0 saturated heterocycles. The molecule has 1 aromatic heterocycles. The third-order valence-electron chi connectivity index (χ3n) is 2.32. The van der Waals surface area contributed by atoms with Crippen LogP contribution in [0.25, 0.3) is 0 Å². The Morgan fingerprint density at radius 2 is 2.38 bits per heavy atom. The predicted molar refractivity (Wildman–Crippen MR) is 69.2 cm³/mol. The van der Waals surface area contributed by atoms with Crippen molar-refractivity contribution >= 4 is 28.8 Å². The fourth-order valence-electron chi connectivity index (χ4n) is 1.39. The summed E-state index contributed by atoms with van der Waals surface area (Å²) in [7, 11) is 0. The molecule has 5 heteroatoms. The zero-order valence-electron chi connectivity index (χ0n) is 9.33. The summed E-state index contributed by atoms with van der Waals surface area (Å²) in [6.45, 7) is 2.60. The van der Waals surface area contributed by atoms with Crippen LogP contribution >= 0.6 is 22.9 Å². The number of nitrogens with two attached hydrogens (primary N) is 1. The molecular weight excluding hydrogens is 244 g/mol. The minimum absolute atomic E-state index is 0.0633. The molecule has 0 fully saturated rings. The van der Waals surface area contributed by atoms with Crippen molar-refractivity contribution in [1.82, 2.24) is 5.32 Å². The van der Waals surface area contributed by atoms with Gasteiger partial charge in [0, 0.05) is 12.6 Å². The van der Waals surface area contributed by atoms with Crippen LogP contribution in [0, 0.1) is 0 Å². The van der Waals surface area contributed by atoms with Crippen LogP contribution < -0.4 is 11.1 Å². The normalized spacial score (nSPS) is 12.4. The van der Waals surface area contributed by atoms with E-state index in [1.54, 1.807) is 12.1 Å². The van der Waals surface area contributed by atoms with Crippen molar-refractivity contribution in [2.45, 2.75) is 32.2 Å². The number of halogens is 1. The molecular formula is C11H17ClN2OS. The van der Waals surface area contributed by atoms with Crippen LogP contribution in [0.4, 0.5) is 0 Å². The minimum atomic E-state index is -0.0801. The molecule has 1 heterocycles. The van der Waals surface area contributed by atoms with E-state index in [-0.39, 0.29) is 11.9 Å². The first-order valence-electron chi connectivity index (χ1n) is 5.43. The summed E-state index contributed by atoms with van der Waals surface area (Å²) in [6, 6.07) is 3.52. The maximum Gasteiger partial charge on any atom is 0.261 e. The summed E-state index contributed by atoms with van der Waals surface area (Å²) in [5, 5.41) is 2.92. The van der Waals surface area contributed by atoms with Gasteiger partial charge in [0.1, 0.15) is 0 Å². The van der Waals surface area contributed by atoms with E-state index in [0.717, 1.165) is 19.3 Å². The second kappa shape index (κ2) is 6.89. The molecule has 0 aromatic carbocycles. The highest BCUT2D eigenvalue weighted by Crippen LogP contribution is 2.21. The molecule has 1 amide bonds. The molecule has 90 valence electrons. The van der Waals surface area contributed by atoms with Crippen LogP contribution in [0.15, 0.2) is 12.1 Å². The standard InChI is InChI=1S/C11H17ClN2OS/c1-2-3-4-8(7-13)14-11(15)9-5-6-10(12)16-9/h5-6,8H,2-4,7,13H2,1H3,(H,14,15). The van der Waals surface area contributed by atoms with Crippen molar-refractivity contribution in [1.29, 1.82) is 0 Å². The van der Waals surface area contributed by atoms with E-state index in [2.05, 4.69) is 12.2 Å². The molecule has 0 aliphatic carbocycles. The highest BCUT2D eigenvalue weighted by molar-refractivity contribution is 7.17. The van der Waals surface area contributed by atoms with Gasteiger partial charge in [0.05, 0.1) is 9.21 Å². The van der Waals surface area contributed by atoms with Gasteiger partial charge in [-0.1, -0.05) is 31.4 Å². The van der Waals surface area contributed by atoms with Crippen LogP contribution in [-0.2, 0) is 0 Å². The van der Waals surface area contributed by atoms with Crippen molar-refractivity contribution in [3.63, 3.8) is 0 Å². The Labute approximate surface area is 105 Å². The molecule has 16 heavy (non-hydrogen) atoms. The molecule has 0 saturated carbocycles. The SMILES string of the molecule is CCCCC(CN)NC(=O)c1ccc(Cl)s1. The highest BCUT2D eigenvalue weighted by Gasteiger charge is 2.13. The summed E-state index contributed by atoms with van der Waals surface area (Å²) in [6.07, 6.45) is 3.11. The summed E-state index contributed by atoms with van der Waals surface area (Å²) < 4.78 is 0.628. The first-order chi connectivity index (χ1) is 7.67. The van der Waals surface area contributed by atoms with Gasteiger partial charge in [0.2, 0.25) is 0 Å². The van der Waals surface area contributed by atoms with E-state index in [9.17, 15) is 4.79 Å². The molecule has 0 spiro atoms. The number of carbonyl (C=O) groups is 1. The molecule has 3 nitrogen and oxygen atoms in total. The highest BCUT2D eigenvalue weighted by atomic mass is 35.5. The number of hydrogen-bond acceptors (Lipinski definition) is 3. The third kappa shape index (κ3) is 4.12. The minimum Gasteiger partial charge on any atom is -0.347 e. The van der Waals surface area contributed by atoms with E-state index < -0.39 is 0 Å². The summed E-state index contributed by atoms with van der Waals surface area (Å²) in [4.78, 5) is 12.4. The number of amides is 1. The number of carbonyl (C=O) groups excluding carboxylic acids is 1. The average molecular weight is 261 g/mol. The van der Waals surface area contributed by atoms with Crippen molar-refractivity contribution in [2.75, 3.05) is 6.54 Å². The fourth-order valence-corrected chi connectivity index (χ4v) is 2.34. The lowest BCUT2D eigenvalue weighted by atomic mass is 10.1. The Balaban J connectivity index is 2.48. The third-order valence-corrected chi connectivity index (χ3v) is 3.55. The second-order valence-corrected chi connectivity index (χ2v) is 5.37. The van der Waals surface area contributed by atoms with Gasteiger partial charge in [-0.25, -0.2) is 0 Å². The quantitative estimate of drug-likeness (QED) is 0.826. The van der Waals surface area contributed by atoms with Crippen LogP contribution in [0.2, 0.25) is 4.34 Å². The van der Waals surface area contributed by atoms with E-state index in [1.165, 1.54) is 11.3 Å². The van der Waals surface area contributed by atoms with Gasteiger partial charge in [0.25, 0.3) is 5.91 Å². The number of rotatable bonds is 6. The Bertz CT molecular complexity index is 340. The number of unbranched alkanes of at least 4 members (excludes halogenated alkanes) is 1. The number of thiophene rings is 1. The molecule has 0 radical (unpaired) electrons. The Morgan fingerprint density at radius 3 is 2.88 bits per heavy atom. The molecule has 0 bridgehead atoms. The average Bonchev–Trinajstić information content (AvgIpc) is 2.70. The van der Waals surface area contributed by atoms with E-state index in [4.69, 9.17) is 17.3 Å². The number of hydrogen-bond donors (Lipinski definition) is 2. The largest absolute Gasteiger partial charge is 0.347 e. The van der Waals surface area contributed by atoms with Crippen LogP contribution in [0.3, 0.4) is 0 Å². The first-order valence-corrected chi connectivity index (χ1v) is 6.63. The fraction of sp³-hybridized carbons (Fsp3) is 0.545. The summed E-state index contributed by atoms with van der Waals surface area (Å²) >= 11 is 7.06. The second-order valence-electron chi connectivity index (χ2n) is 3.65. The topological polar surface area (TPSA) is 55.1 Å². The Kier molecular flexibility index (Phi) is 5.80. The van der Waals surface area contributed by atoms with Gasteiger partial charge < -0.3 is 11.1 Å². The summed E-state index contributed by atoms with van der Waals surface area (Å²) in [5.74, 6) is -0.0801.